The van der Waals surface area contributed by atoms with Gasteiger partial charge in [-0.05, 0) is 37.3 Å². The number of hydrogen-bond donors (Lipinski definition) is 2. The van der Waals surface area contributed by atoms with Crippen LogP contribution in [0, 0.1) is 23.4 Å². The summed E-state index contributed by atoms with van der Waals surface area (Å²) in [5.74, 6) is -1.94. The van der Waals surface area contributed by atoms with E-state index in [0.29, 0.717) is 48.5 Å². The summed E-state index contributed by atoms with van der Waals surface area (Å²) in [7, 11) is 0. The summed E-state index contributed by atoms with van der Waals surface area (Å²) in [5, 5.41) is 12.9. The molecule has 3 unspecified atom stereocenters. The fraction of sp³-hybridized carbons (Fsp3) is 0.520. The van der Waals surface area contributed by atoms with Crippen molar-refractivity contribution >= 4 is 12.0 Å². The molecule has 3 aromatic rings. The molecule has 3 N–H and O–H groups in total. The second kappa shape index (κ2) is 11.1. The van der Waals surface area contributed by atoms with Gasteiger partial charge in [-0.1, -0.05) is 5.16 Å². The van der Waals surface area contributed by atoms with Crippen molar-refractivity contribution in [3.63, 3.8) is 0 Å². The number of benzene rings is 1. The summed E-state index contributed by atoms with van der Waals surface area (Å²) in [4.78, 5) is 16.9. The molecule has 4 heterocycles. The average molecular weight is 534 g/mol. The minimum absolute atomic E-state index is 0.0239. The molecule has 38 heavy (non-hydrogen) atoms. The molecule has 2 saturated heterocycles. The van der Waals surface area contributed by atoms with Gasteiger partial charge in [0, 0.05) is 50.6 Å². The Morgan fingerprint density at radius 2 is 1.79 bits per heavy atom. The number of aromatic nitrogens is 4. The first-order chi connectivity index (χ1) is 18.3. The van der Waals surface area contributed by atoms with Crippen molar-refractivity contribution in [1.82, 2.24) is 20.1 Å². The first-order valence-corrected chi connectivity index (χ1v) is 12.6. The maximum Gasteiger partial charge on any atom is 0.324 e. The molecule has 0 radical (unpaired) electrons. The van der Waals surface area contributed by atoms with E-state index in [4.69, 9.17) is 20.1 Å². The Labute approximate surface area is 217 Å². The molecule has 0 spiro atoms. The van der Waals surface area contributed by atoms with E-state index in [9.17, 15) is 13.2 Å². The molecular formula is C25H30F3N7O3. The molecule has 3 atom stereocenters. The molecule has 10 nitrogen and oxygen atoms in total. The second-order valence-corrected chi connectivity index (χ2v) is 9.80. The molecule has 2 aliphatic heterocycles. The highest BCUT2D eigenvalue weighted by Crippen LogP contribution is 2.32. The molecule has 13 heteroatoms. The number of anilines is 2. The van der Waals surface area contributed by atoms with Crippen molar-refractivity contribution in [2.24, 2.45) is 11.7 Å². The standard InChI is InChI=1S/C25H30F3N7O3/c1-14(15-2-5-34(6-3-15)25-32-23(4-7-36)33-38-25)37-16-10-30-24(31-11-16)35-12-18(22(29)13-35)17-8-20(27)21(28)9-19(17)26/h8-11,14-15,18,22,36H,2-7,12-13,29H2,1H3. The SMILES string of the molecule is CC(Oc1cnc(N2CC(N)C(c3cc(F)c(F)cc3F)C2)nc1)C1CCN(c2nc(CCO)no2)CC1. The van der Waals surface area contributed by atoms with E-state index in [-0.39, 0.29) is 24.8 Å². The highest BCUT2D eigenvalue weighted by atomic mass is 19.2. The molecule has 0 aliphatic carbocycles. The topological polar surface area (TPSA) is 127 Å². The highest BCUT2D eigenvalue weighted by Gasteiger charge is 2.35. The zero-order valence-electron chi connectivity index (χ0n) is 20.9. The van der Waals surface area contributed by atoms with Crippen molar-refractivity contribution in [3.05, 3.63) is 53.4 Å². The fourth-order valence-electron chi connectivity index (χ4n) is 5.12. The van der Waals surface area contributed by atoms with Gasteiger partial charge in [-0.2, -0.15) is 4.98 Å². The van der Waals surface area contributed by atoms with Crippen molar-refractivity contribution in [2.75, 3.05) is 42.6 Å². The molecule has 204 valence electrons. The third kappa shape index (κ3) is 5.53. The van der Waals surface area contributed by atoms with E-state index >= 15 is 0 Å². The monoisotopic (exact) mass is 533 g/mol. The van der Waals surface area contributed by atoms with Crippen molar-refractivity contribution in [3.8, 4) is 5.75 Å². The van der Waals surface area contributed by atoms with Crippen LogP contribution in [-0.4, -0.2) is 70.1 Å². The van der Waals surface area contributed by atoms with E-state index in [1.54, 1.807) is 17.3 Å². The van der Waals surface area contributed by atoms with Gasteiger partial charge >= 0.3 is 6.01 Å². The van der Waals surface area contributed by atoms with Gasteiger partial charge in [0.15, 0.2) is 23.2 Å². The third-order valence-corrected chi connectivity index (χ3v) is 7.29. The van der Waals surface area contributed by atoms with Crippen molar-refractivity contribution in [1.29, 1.82) is 0 Å². The van der Waals surface area contributed by atoms with E-state index in [2.05, 4.69) is 20.1 Å². The van der Waals surface area contributed by atoms with Crippen LogP contribution in [0.25, 0.3) is 0 Å². The fourth-order valence-corrected chi connectivity index (χ4v) is 5.12. The Hall–Kier alpha value is -3.45. The van der Waals surface area contributed by atoms with Crippen LogP contribution < -0.4 is 20.3 Å². The average Bonchev–Trinajstić information content (AvgIpc) is 3.54. The van der Waals surface area contributed by atoms with Crippen LogP contribution in [0.4, 0.5) is 25.1 Å². The van der Waals surface area contributed by atoms with Crippen molar-refractivity contribution < 1.29 is 27.5 Å². The number of nitrogens with zero attached hydrogens (tertiary/aromatic N) is 6. The summed E-state index contributed by atoms with van der Waals surface area (Å²) in [5.41, 5.74) is 6.25. The molecule has 0 amide bonds. The number of aliphatic hydroxyl groups is 1. The first-order valence-electron chi connectivity index (χ1n) is 12.6. The van der Waals surface area contributed by atoms with Gasteiger partial charge in [-0.15, -0.1) is 0 Å². The number of ether oxygens (including phenoxy) is 1. The Morgan fingerprint density at radius 3 is 2.50 bits per heavy atom. The summed E-state index contributed by atoms with van der Waals surface area (Å²) in [6.45, 7) is 4.12. The number of rotatable bonds is 8. The quantitative estimate of drug-likeness (QED) is 0.417. The van der Waals surface area contributed by atoms with Crippen molar-refractivity contribution in [2.45, 2.75) is 44.2 Å². The first kappa shape index (κ1) is 26.2. The number of aliphatic hydroxyl groups excluding tert-OH is 1. The number of halogens is 3. The van der Waals surface area contributed by atoms with Gasteiger partial charge in [0.25, 0.3) is 0 Å². The molecular weight excluding hydrogens is 503 g/mol. The molecule has 0 bridgehead atoms. The molecule has 1 aromatic carbocycles. The van der Waals surface area contributed by atoms with Gasteiger partial charge in [-0.3, -0.25) is 0 Å². The number of nitrogens with two attached hydrogens (primary N) is 1. The van der Waals surface area contributed by atoms with Crippen LogP contribution in [0.1, 0.15) is 37.1 Å². The Balaban J connectivity index is 1.15. The Kier molecular flexibility index (Phi) is 7.65. The third-order valence-electron chi connectivity index (χ3n) is 7.29. The van der Waals surface area contributed by atoms with Gasteiger partial charge in [0.05, 0.1) is 25.1 Å². The lowest BCUT2D eigenvalue weighted by Gasteiger charge is -2.33. The predicted molar refractivity (Wildman–Crippen MR) is 131 cm³/mol. The van der Waals surface area contributed by atoms with E-state index in [1.807, 2.05) is 11.8 Å². The maximum atomic E-state index is 14.3. The molecule has 5 rings (SSSR count). The smallest absolute Gasteiger partial charge is 0.324 e. The maximum absolute atomic E-state index is 14.3. The summed E-state index contributed by atoms with van der Waals surface area (Å²) < 4.78 is 52.8. The van der Waals surface area contributed by atoms with Crippen LogP contribution in [0.2, 0.25) is 0 Å². The van der Waals surface area contributed by atoms with Crippen LogP contribution >= 0.6 is 0 Å². The molecule has 2 fully saturated rings. The Bertz CT molecular complexity index is 1240. The van der Waals surface area contributed by atoms with Gasteiger partial charge in [-0.25, -0.2) is 23.1 Å². The van der Waals surface area contributed by atoms with Crippen LogP contribution in [0.15, 0.2) is 29.0 Å². The zero-order chi connectivity index (χ0) is 26.8. The lowest BCUT2D eigenvalue weighted by molar-refractivity contribution is 0.131. The lowest BCUT2D eigenvalue weighted by atomic mass is 9.92. The molecule has 2 aromatic heterocycles. The molecule has 0 saturated carbocycles. The van der Waals surface area contributed by atoms with E-state index < -0.39 is 29.4 Å². The normalized spacial score (nSPS) is 21.2. The highest BCUT2D eigenvalue weighted by molar-refractivity contribution is 5.39. The minimum Gasteiger partial charge on any atom is -0.487 e. The van der Waals surface area contributed by atoms with E-state index in [1.165, 1.54) is 0 Å². The van der Waals surface area contributed by atoms with Gasteiger partial charge < -0.3 is 29.9 Å². The van der Waals surface area contributed by atoms with Crippen LogP contribution in [0.5, 0.6) is 5.75 Å². The summed E-state index contributed by atoms with van der Waals surface area (Å²) in [6, 6.07) is 1.40. The van der Waals surface area contributed by atoms with Gasteiger partial charge in [0.2, 0.25) is 5.95 Å². The number of piperidine rings is 1. The second-order valence-electron chi connectivity index (χ2n) is 9.80. The minimum atomic E-state index is -1.23. The summed E-state index contributed by atoms with van der Waals surface area (Å²) in [6.07, 6.45) is 5.23. The largest absolute Gasteiger partial charge is 0.487 e. The number of hydrogen-bond acceptors (Lipinski definition) is 10. The van der Waals surface area contributed by atoms with Gasteiger partial charge in [0.1, 0.15) is 5.82 Å². The van der Waals surface area contributed by atoms with Crippen LogP contribution in [-0.2, 0) is 6.42 Å². The van der Waals surface area contributed by atoms with Crippen LogP contribution in [0.3, 0.4) is 0 Å². The predicted octanol–water partition coefficient (Wildman–Crippen LogP) is 2.43. The zero-order valence-corrected chi connectivity index (χ0v) is 20.9. The van der Waals surface area contributed by atoms with E-state index in [0.717, 1.165) is 32.0 Å². The molecule has 2 aliphatic rings. The lowest BCUT2D eigenvalue weighted by Crippen LogP contribution is -2.38. The Morgan fingerprint density at radius 1 is 1.08 bits per heavy atom. The summed E-state index contributed by atoms with van der Waals surface area (Å²) >= 11 is 0.